The van der Waals surface area contributed by atoms with Gasteiger partial charge >= 0.3 is 0 Å². The highest BCUT2D eigenvalue weighted by Gasteiger charge is 2.10. The predicted octanol–water partition coefficient (Wildman–Crippen LogP) is 6.38. The van der Waals surface area contributed by atoms with Crippen LogP contribution in [0.4, 0.5) is 0 Å². The smallest absolute Gasteiger partial charge is 0.0625 e. The van der Waals surface area contributed by atoms with Gasteiger partial charge < -0.3 is 0 Å². The van der Waals surface area contributed by atoms with E-state index in [2.05, 4.69) is 44.2 Å². The summed E-state index contributed by atoms with van der Waals surface area (Å²) in [6.07, 6.45) is 1.96. The van der Waals surface area contributed by atoms with Crippen molar-refractivity contribution in [2.24, 2.45) is 0 Å². The number of alkyl halides is 1. The lowest BCUT2D eigenvalue weighted by Crippen LogP contribution is -1.97. The Morgan fingerprint density at radius 1 is 1.00 bits per heavy atom. The first-order chi connectivity index (χ1) is 9.60. The topological polar surface area (TPSA) is 0 Å². The van der Waals surface area contributed by atoms with Crippen LogP contribution in [0.2, 0.25) is 5.02 Å². The van der Waals surface area contributed by atoms with Crippen LogP contribution in [0.3, 0.4) is 0 Å². The summed E-state index contributed by atoms with van der Waals surface area (Å²) in [6.45, 7) is 4.46. The lowest BCUT2D eigenvalue weighted by atomic mass is 9.96. The second kappa shape index (κ2) is 7.15. The Labute approximate surface area is 131 Å². The summed E-state index contributed by atoms with van der Waals surface area (Å²) < 4.78 is 0. The number of hydrogen-bond acceptors (Lipinski definition) is 0. The summed E-state index contributed by atoms with van der Waals surface area (Å²) in [4.78, 5) is 0. The zero-order valence-corrected chi connectivity index (χ0v) is 13.5. The van der Waals surface area contributed by atoms with Crippen molar-refractivity contribution in [2.45, 2.75) is 38.0 Å². The van der Waals surface area contributed by atoms with Crippen LogP contribution in [0.15, 0.2) is 48.5 Å². The summed E-state index contributed by atoms with van der Waals surface area (Å²) in [6, 6.07) is 16.6. The second-order valence-electron chi connectivity index (χ2n) is 5.28. The molecule has 2 aromatic carbocycles. The molecular weight excluding hydrogens is 287 g/mol. The van der Waals surface area contributed by atoms with Crippen LogP contribution in [0.1, 0.15) is 48.3 Å². The highest BCUT2D eigenvalue weighted by molar-refractivity contribution is 6.30. The van der Waals surface area contributed by atoms with Gasteiger partial charge in [0.15, 0.2) is 0 Å². The minimum atomic E-state index is -0.0144. The maximum Gasteiger partial charge on any atom is 0.0625 e. The van der Waals surface area contributed by atoms with Gasteiger partial charge in [0.2, 0.25) is 0 Å². The van der Waals surface area contributed by atoms with E-state index in [1.807, 2.05) is 18.2 Å². The van der Waals surface area contributed by atoms with Crippen LogP contribution in [-0.2, 0) is 6.42 Å². The number of hydrogen-bond donors (Lipinski definition) is 0. The molecule has 0 aliphatic rings. The van der Waals surface area contributed by atoms with Crippen LogP contribution in [-0.4, -0.2) is 0 Å². The van der Waals surface area contributed by atoms with Gasteiger partial charge in [-0.3, -0.25) is 0 Å². The summed E-state index contributed by atoms with van der Waals surface area (Å²) in [7, 11) is 0. The van der Waals surface area contributed by atoms with Crippen molar-refractivity contribution in [1.82, 2.24) is 0 Å². The van der Waals surface area contributed by atoms with E-state index in [0.717, 1.165) is 17.9 Å². The fraction of sp³-hybridized carbons (Fsp3) is 0.333. The largest absolute Gasteiger partial charge is 0.117 e. The zero-order chi connectivity index (χ0) is 14.5. The maximum atomic E-state index is 6.52. The molecule has 0 aliphatic carbocycles. The molecule has 0 saturated heterocycles. The highest BCUT2D eigenvalue weighted by Crippen LogP contribution is 2.28. The fourth-order valence-electron chi connectivity index (χ4n) is 2.26. The van der Waals surface area contributed by atoms with Gasteiger partial charge in [-0.25, -0.2) is 0 Å². The van der Waals surface area contributed by atoms with Gasteiger partial charge in [0.05, 0.1) is 5.38 Å². The third-order valence-electron chi connectivity index (χ3n) is 3.78. The van der Waals surface area contributed by atoms with Gasteiger partial charge in [0.25, 0.3) is 0 Å². The van der Waals surface area contributed by atoms with E-state index in [1.165, 1.54) is 16.7 Å². The van der Waals surface area contributed by atoms with E-state index < -0.39 is 0 Å². The minimum Gasteiger partial charge on any atom is -0.117 e. The molecule has 0 nitrogen and oxygen atoms in total. The first kappa shape index (κ1) is 15.4. The summed E-state index contributed by atoms with van der Waals surface area (Å²) >= 11 is 12.5. The molecule has 0 radical (unpaired) electrons. The molecule has 2 heteroatoms. The van der Waals surface area contributed by atoms with Crippen molar-refractivity contribution in [3.63, 3.8) is 0 Å². The number of benzene rings is 2. The average molecular weight is 307 g/mol. The molecule has 2 atom stereocenters. The lowest BCUT2D eigenvalue weighted by Gasteiger charge is -2.13. The van der Waals surface area contributed by atoms with Crippen molar-refractivity contribution in [2.75, 3.05) is 0 Å². The molecule has 106 valence electrons. The van der Waals surface area contributed by atoms with Crippen LogP contribution in [0.5, 0.6) is 0 Å². The quantitative estimate of drug-likeness (QED) is 0.562. The van der Waals surface area contributed by atoms with E-state index in [9.17, 15) is 0 Å². The molecule has 0 spiro atoms. The van der Waals surface area contributed by atoms with Crippen molar-refractivity contribution in [3.8, 4) is 0 Å². The molecular formula is C18H20Cl2. The van der Waals surface area contributed by atoms with Gasteiger partial charge in [0, 0.05) is 5.02 Å². The molecule has 0 N–H and O–H groups in total. The van der Waals surface area contributed by atoms with E-state index in [-0.39, 0.29) is 5.38 Å². The Bertz CT molecular complexity index is 546. The first-order valence-electron chi connectivity index (χ1n) is 7.08. The summed E-state index contributed by atoms with van der Waals surface area (Å²) in [5, 5.41) is 0.748. The Morgan fingerprint density at radius 2 is 1.65 bits per heavy atom. The molecule has 2 rings (SSSR count). The van der Waals surface area contributed by atoms with Gasteiger partial charge in [-0.15, -0.1) is 11.6 Å². The second-order valence-corrected chi connectivity index (χ2v) is 6.24. The summed E-state index contributed by atoms with van der Waals surface area (Å²) in [5.74, 6) is 0.603. The zero-order valence-electron chi connectivity index (χ0n) is 11.9. The third kappa shape index (κ3) is 4.01. The molecule has 0 bridgehead atoms. The molecule has 0 heterocycles. The highest BCUT2D eigenvalue weighted by atomic mass is 35.5. The molecule has 0 amide bonds. The molecule has 0 saturated carbocycles. The van der Waals surface area contributed by atoms with E-state index in [1.54, 1.807) is 0 Å². The average Bonchev–Trinajstić information content (AvgIpc) is 2.46. The van der Waals surface area contributed by atoms with Gasteiger partial charge in [0.1, 0.15) is 0 Å². The third-order valence-corrected chi connectivity index (χ3v) is 4.42. The maximum absolute atomic E-state index is 6.52. The molecule has 2 aromatic rings. The van der Waals surface area contributed by atoms with E-state index in [0.29, 0.717) is 5.92 Å². The standard InChI is InChI=1S/C18H20Cl2/c1-3-13(2)15-7-9-16(10-8-15)18(20)12-14-5-4-6-17(19)11-14/h4-11,13,18H,3,12H2,1-2H3. The first-order valence-corrected chi connectivity index (χ1v) is 7.90. The van der Waals surface area contributed by atoms with Crippen LogP contribution in [0.25, 0.3) is 0 Å². The lowest BCUT2D eigenvalue weighted by molar-refractivity contribution is 0.732. The molecule has 0 aromatic heterocycles. The Morgan fingerprint density at radius 3 is 2.25 bits per heavy atom. The van der Waals surface area contributed by atoms with E-state index >= 15 is 0 Å². The molecule has 2 unspecified atom stereocenters. The van der Waals surface area contributed by atoms with Crippen LogP contribution < -0.4 is 0 Å². The minimum absolute atomic E-state index is 0.0144. The Hall–Kier alpha value is -0.980. The monoisotopic (exact) mass is 306 g/mol. The number of halogens is 2. The summed E-state index contributed by atoms with van der Waals surface area (Å²) in [5.41, 5.74) is 3.71. The van der Waals surface area contributed by atoms with Crippen molar-refractivity contribution < 1.29 is 0 Å². The molecule has 0 fully saturated rings. The van der Waals surface area contributed by atoms with Crippen molar-refractivity contribution in [3.05, 3.63) is 70.2 Å². The van der Waals surface area contributed by atoms with Gasteiger partial charge in [-0.2, -0.15) is 0 Å². The van der Waals surface area contributed by atoms with Gasteiger partial charge in [-0.05, 0) is 47.6 Å². The molecule has 0 aliphatic heterocycles. The van der Waals surface area contributed by atoms with Crippen LogP contribution >= 0.6 is 23.2 Å². The van der Waals surface area contributed by atoms with Gasteiger partial charge in [-0.1, -0.05) is 61.8 Å². The normalized spacial score (nSPS) is 14.0. The Kier molecular flexibility index (Phi) is 5.51. The van der Waals surface area contributed by atoms with E-state index in [4.69, 9.17) is 23.2 Å². The van der Waals surface area contributed by atoms with Crippen molar-refractivity contribution >= 4 is 23.2 Å². The SMILES string of the molecule is CCC(C)c1ccc(C(Cl)Cc2cccc(Cl)c2)cc1. The fourth-order valence-corrected chi connectivity index (χ4v) is 2.79. The Balaban J connectivity index is 2.07. The number of rotatable bonds is 5. The molecule has 20 heavy (non-hydrogen) atoms. The van der Waals surface area contributed by atoms with Crippen molar-refractivity contribution in [1.29, 1.82) is 0 Å². The van der Waals surface area contributed by atoms with Crippen LogP contribution in [0, 0.1) is 0 Å². The predicted molar refractivity (Wildman–Crippen MR) is 88.9 cm³/mol.